The number of anilines is 1. The van der Waals surface area contributed by atoms with Crippen LogP contribution in [0.25, 0.3) is 5.57 Å². The van der Waals surface area contributed by atoms with E-state index in [1.165, 1.54) is 17.0 Å². The lowest BCUT2D eigenvalue weighted by molar-refractivity contribution is -0.137. The summed E-state index contributed by atoms with van der Waals surface area (Å²) in [5, 5.41) is 27.3. The molecule has 11 nitrogen and oxygen atoms in total. The van der Waals surface area contributed by atoms with Gasteiger partial charge >= 0.3 is 6.18 Å². The first-order chi connectivity index (χ1) is 25.6. The summed E-state index contributed by atoms with van der Waals surface area (Å²) in [5.74, 6) is -1.56. The Balaban J connectivity index is 1.40. The summed E-state index contributed by atoms with van der Waals surface area (Å²) < 4.78 is 65.5. The molecular formula is C38H39F3N4O7S2. The standard InChI is InChI=1S/C38H39F3N4O7S2/c1-37(2,42-19-27(47)21-46)18-33(48)43-29-22-53-31-17-26(38(39,40)41)15-16-30(31)45(36(29)50)20-23-11-13-24(14-12-23)28-9-6-10-32(54(51)52)34(28)44-35(49)25-7-4-3-5-8-25/h3-17,27,29,34,42,46-47H,18-22H2,1-2H3,(H,43,48)(H,44,49)/t27-,29+,34?/m0/s1. The molecule has 1 aliphatic heterocycles. The van der Waals surface area contributed by atoms with Crippen LogP contribution in [0.2, 0.25) is 0 Å². The third-order valence-electron chi connectivity index (χ3n) is 8.78. The summed E-state index contributed by atoms with van der Waals surface area (Å²) in [6.07, 6.45) is -1.13. The molecule has 1 aliphatic carbocycles. The molecular weight excluding hydrogens is 746 g/mol. The van der Waals surface area contributed by atoms with E-state index in [1.54, 1.807) is 80.6 Å². The first-order valence-corrected chi connectivity index (χ1v) is 18.9. The molecule has 0 aromatic heterocycles. The molecule has 54 heavy (non-hydrogen) atoms. The summed E-state index contributed by atoms with van der Waals surface area (Å²) in [5.41, 5.74) is 0.506. The molecule has 0 fully saturated rings. The van der Waals surface area contributed by atoms with Gasteiger partial charge in [0.05, 0.1) is 41.4 Å². The number of nitrogens with zero attached hydrogens (tertiary/aromatic N) is 1. The Bertz CT molecular complexity index is 2080. The monoisotopic (exact) mass is 784 g/mol. The summed E-state index contributed by atoms with van der Waals surface area (Å²) in [6, 6.07) is 16.1. The highest BCUT2D eigenvalue weighted by atomic mass is 32.2. The van der Waals surface area contributed by atoms with E-state index in [1.807, 2.05) is 0 Å². The highest BCUT2D eigenvalue weighted by Gasteiger charge is 2.36. The maximum atomic E-state index is 14.1. The molecule has 0 radical (unpaired) electrons. The lowest BCUT2D eigenvalue weighted by Gasteiger charge is -2.29. The predicted molar refractivity (Wildman–Crippen MR) is 200 cm³/mol. The molecule has 1 heterocycles. The van der Waals surface area contributed by atoms with Crippen molar-refractivity contribution in [3.05, 3.63) is 113 Å². The third-order valence-corrected chi connectivity index (χ3v) is 10.7. The van der Waals surface area contributed by atoms with Gasteiger partial charge in [0.1, 0.15) is 6.04 Å². The minimum absolute atomic E-state index is 0.0208. The number of hydrogen-bond donors (Lipinski definition) is 5. The van der Waals surface area contributed by atoms with Gasteiger partial charge < -0.3 is 31.1 Å². The smallest absolute Gasteiger partial charge is 0.394 e. The Morgan fingerprint density at radius 1 is 1.02 bits per heavy atom. The zero-order valence-corrected chi connectivity index (χ0v) is 30.9. The molecule has 0 bridgehead atoms. The number of thioether (sulfide) groups is 1. The van der Waals surface area contributed by atoms with Crippen LogP contribution >= 0.6 is 11.8 Å². The number of nitrogens with one attached hydrogen (secondary N) is 3. The average molecular weight is 785 g/mol. The second-order valence-electron chi connectivity index (χ2n) is 13.4. The topological polar surface area (TPSA) is 165 Å². The van der Waals surface area contributed by atoms with E-state index in [4.69, 9.17) is 5.11 Å². The van der Waals surface area contributed by atoms with E-state index >= 15 is 0 Å². The van der Waals surface area contributed by atoms with Crippen molar-refractivity contribution in [2.45, 2.75) is 61.6 Å². The maximum absolute atomic E-state index is 14.1. The number of carbonyl (C=O) groups excluding carboxylic acids is 3. The number of halogens is 3. The fourth-order valence-electron chi connectivity index (χ4n) is 5.96. The minimum Gasteiger partial charge on any atom is -0.394 e. The molecule has 3 aromatic carbocycles. The van der Waals surface area contributed by atoms with E-state index in [-0.39, 0.29) is 40.7 Å². The van der Waals surface area contributed by atoms with Gasteiger partial charge in [0.15, 0.2) is 0 Å². The predicted octanol–water partition coefficient (Wildman–Crippen LogP) is 3.74. The van der Waals surface area contributed by atoms with Gasteiger partial charge in [0.25, 0.3) is 11.8 Å². The number of carbonyl (C=O) groups is 3. The molecule has 286 valence electrons. The Labute approximate surface area is 315 Å². The molecule has 1 unspecified atom stereocenters. The number of alkyl halides is 3. The molecule has 5 rings (SSSR count). The zero-order chi connectivity index (χ0) is 39.2. The number of aliphatic hydroxyl groups excluding tert-OH is 2. The fraction of sp³-hybridized carbons (Fsp3) is 0.316. The van der Waals surface area contributed by atoms with Crippen molar-refractivity contribution < 1.29 is 46.2 Å². The number of allylic oxidation sites excluding steroid dienone is 2. The number of aliphatic hydroxyl groups is 2. The van der Waals surface area contributed by atoms with Gasteiger partial charge in [-0.3, -0.25) is 14.4 Å². The van der Waals surface area contributed by atoms with Crippen LogP contribution in [0.3, 0.4) is 0 Å². The van der Waals surface area contributed by atoms with E-state index < -0.39 is 70.1 Å². The molecule has 16 heteroatoms. The van der Waals surface area contributed by atoms with E-state index in [9.17, 15) is 41.1 Å². The molecule has 0 saturated carbocycles. The van der Waals surface area contributed by atoms with Gasteiger partial charge in [-0.05, 0) is 67.0 Å². The molecule has 2 aliphatic rings. The Kier molecular flexibility index (Phi) is 12.9. The number of benzene rings is 3. The highest BCUT2D eigenvalue weighted by Crippen LogP contribution is 2.40. The summed E-state index contributed by atoms with van der Waals surface area (Å²) in [7, 11) is -2.66. The van der Waals surface area contributed by atoms with E-state index in [2.05, 4.69) is 16.0 Å². The lowest BCUT2D eigenvalue weighted by Crippen LogP contribution is -2.52. The van der Waals surface area contributed by atoms with Crippen LogP contribution in [0.4, 0.5) is 18.9 Å². The van der Waals surface area contributed by atoms with Crippen LogP contribution in [0.15, 0.2) is 95.9 Å². The Morgan fingerprint density at radius 2 is 1.72 bits per heavy atom. The van der Waals surface area contributed by atoms with Gasteiger partial charge in [-0.25, -0.2) is 0 Å². The molecule has 5 N–H and O–H groups in total. The second kappa shape index (κ2) is 17.2. The molecule has 0 spiro atoms. The number of fused-ring (bicyclic) bond motifs is 1. The van der Waals surface area contributed by atoms with Crippen molar-refractivity contribution in [2.75, 3.05) is 23.8 Å². The fourth-order valence-corrected chi connectivity index (χ4v) is 7.64. The van der Waals surface area contributed by atoms with Crippen molar-refractivity contribution in [2.24, 2.45) is 0 Å². The average Bonchev–Trinajstić information content (AvgIpc) is 3.26. The summed E-state index contributed by atoms with van der Waals surface area (Å²) in [4.78, 5) is 41.8. The highest BCUT2D eigenvalue weighted by molar-refractivity contribution is 7.99. The van der Waals surface area contributed by atoms with E-state index in [0.29, 0.717) is 22.3 Å². The molecule has 0 saturated heterocycles. The maximum Gasteiger partial charge on any atom is 0.416 e. The largest absolute Gasteiger partial charge is 0.416 e. The first-order valence-electron chi connectivity index (χ1n) is 16.8. The van der Waals surface area contributed by atoms with Crippen LogP contribution in [0, 0.1) is 0 Å². The van der Waals surface area contributed by atoms with Gasteiger partial charge in [-0.2, -0.15) is 21.6 Å². The Hall–Kier alpha value is -4.74. The van der Waals surface area contributed by atoms with Crippen molar-refractivity contribution in [1.82, 2.24) is 16.0 Å². The third kappa shape index (κ3) is 10.1. The molecule has 3 amide bonds. The zero-order valence-electron chi connectivity index (χ0n) is 29.3. The van der Waals surface area contributed by atoms with Crippen LogP contribution < -0.4 is 20.9 Å². The molecule has 3 aromatic rings. The quantitative estimate of drug-likeness (QED) is 0.172. The van der Waals surface area contributed by atoms with Crippen molar-refractivity contribution >= 4 is 55.9 Å². The number of hydrogen-bond acceptors (Lipinski definition) is 9. The summed E-state index contributed by atoms with van der Waals surface area (Å²) in [6.45, 7) is 2.90. The Morgan fingerprint density at radius 3 is 2.37 bits per heavy atom. The van der Waals surface area contributed by atoms with Gasteiger partial charge in [-0.15, -0.1) is 11.8 Å². The first kappa shape index (κ1) is 40.4. The number of amides is 3. The van der Waals surface area contributed by atoms with E-state index in [0.717, 1.165) is 23.9 Å². The molecule has 3 atom stereocenters. The van der Waals surface area contributed by atoms with Crippen molar-refractivity contribution in [3.8, 4) is 0 Å². The van der Waals surface area contributed by atoms with Gasteiger partial charge in [0.2, 0.25) is 16.2 Å². The van der Waals surface area contributed by atoms with Crippen LogP contribution in [-0.4, -0.2) is 83.8 Å². The van der Waals surface area contributed by atoms with Crippen LogP contribution in [0.1, 0.15) is 47.3 Å². The lowest BCUT2D eigenvalue weighted by atomic mass is 9.91. The number of β-amino-alcohol motifs (C(OH)–C–C–N with tert-alkyl or cyclic N) is 1. The second-order valence-corrected chi connectivity index (χ2v) is 15.4. The van der Waals surface area contributed by atoms with Crippen LogP contribution in [-0.2, 0) is 32.6 Å². The normalized spacial score (nSPS) is 18.0. The van der Waals surface area contributed by atoms with Crippen molar-refractivity contribution in [1.29, 1.82) is 0 Å². The van der Waals surface area contributed by atoms with Gasteiger partial charge in [-0.1, -0.05) is 54.6 Å². The number of rotatable bonds is 12. The summed E-state index contributed by atoms with van der Waals surface area (Å²) >= 11 is 1.02. The van der Waals surface area contributed by atoms with Gasteiger partial charge in [0, 0.05) is 34.7 Å². The minimum atomic E-state index is -4.63. The SMILES string of the molecule is CC(C)(CC(=O)N[C@@H]1CSc2cc(C(F)(F)F)ccc2N(Cc2ccc(C3=CC=CC(=S(=O)=O)C3NC(=O)c3ccccc3)cc2)C1=O)NC[C@H](O)CO. The van der Waals surface area contributed by atoms with Crippen LogP contribution in [0.5, 0.6) is 0 Å². The van der Waals surface area contributed by atoms with Crippen molar-refractivity contribution in [3.63, 3.8) is 0 Å².